The topological polar surface area (TPSA) is 292 Å². The van der Waals surface area contributed by atoms with E-state index in [1.807, 2.05) is 13.8 Å². The quantitative estimate of drug-likeness (QED) is 0.0323. The van der Waals surface area contributed by atoms with Gasteiger partial charge in [0, 0.05) is 13.0 Å². The summed E-state index contributed by atoms with van der Waals surface area (Å²) in [7, 11) is 0. The zero-order chi connectivity index (χ0) is 42.1. The molecule has 0 saturated carbocycles. The molecule has 1 aromatic rings. The van der Waals surface area contributed by atoms with E-state index in [1.165, 1.54) is 19.1 Å². The molecule has 10 N–H and O–H groups in total. The highest BCUT2D eigenvalue weighted by Gasteiger charge is 2.29. The molecule has 0 fully saturated rings. The van der Waals surface area contributed by atoms with Crippen molar-refractivity contribution >= 4 is 47.8 Å². The van der Waals surface area contributed by atoms with Crippen LogP contribution in [0.4, 0.5) is 9.59 Å². The third-order valence-electron chi connectivity index (χ3n) is 7.06. The summed E-state index contributed by atoms with van der Waals surface area (Å²) >= 11 is 0. The molecular formula is C36H58N8O11. The Labute approximate surface area is 321 Å². The number of aliphatic carboxylic acids is 1. The van der Waals surface area contributed by atoms with Gasteiger partial charge in [0.15, 0.2) is 5.96 Å². The maximum absolute atomic E-state index is 13.4. The summed E-state index contributed by atoms with van der Waals surface area (Å²) in [6, 6.07) is 1.35. The first-order chi connectivity index (χ1) is 25.3. The van der Waals surface area contributed by atoms with Crippen molar-refractivity contribution in [3.63, 3.8) is 0 Å². The SMILES string of the molecule is CC(C)CC(NC(=O)CNC(=O)C(C)NC(=O)C(Cc1ccc(OC(=O)OC(C)(C)C)cc1)NC(=O)OC(C)(C)C)C(=O)NC(CCCN=C(N)N)C(=O)O. The number of hydrogen-bond donors (Lipinski definition) is 8. The number of alkyl carbamates (subject to hydrolysis) is 1. The van der Waals surface area contributed by atoms with Gasteiger partial charge in [-0.25, -0.2) is 14.4 Å². The lowest BCUT2D eigenvalue weighted by Gasteiger charge is -2.25. The van der Waals surface area contributed by atoms with Gasteiger partial charge in [-0.05, 0) is 91.3 Å². The number of aliphatic imine (C=N–C) groups is 1. The number of ether oxygens (including phenoxy) is 3. The number of rotatable bonds is 19. The van der Waals surface area contributed by atoms with Crippen molar-refractivity contribution in [3.05, 3.63) is 29.8 Å². The highest BCUT2D eigenvalue weighted by molar-refractivity contribution is 5.94. The standard InChI is InChI=1S/C36H58N8O11/c1-20(2)17-25(30(48)43-24(31(49)50)11-10-16-39-32(37)38)42-27(45)19-40-28(46)21(3)41-29(47)26(44-33(51)54-35(4,5)6)18-22-12-14-23(15-13-22)53-34(52)55-36(7,8)9/h12-15,20-21,24-26H,10-11,16-19H2,1-9H3,(H,40,46)(H,41,47)(H,42,45)(H,43,48)(H,44,51)(H,49,50)(H4,37,38,39). The van der Waals surface area contributed by atoms with Gasteiger partial charge in [-0.15, -0.1) is 0 Å². The third-order valence-corrected chi connectivity index (χ3v) is 7.06. The van der Waals surface area contributed by atoms with Crippen molar-refractivity contribution in [2.75, 3.05) is 13.1 Å². The second-order valence-electron chi connectivity index (χ2n) is 15.2. The molecule has 0 spiro atoms. The van der Waals surface area contributed by atoms with E-state index in [0.29, 0.717) is 5.56 Å². The van der Waals surface area contributed by atoms with Crippen molar-refractivity contribution in [2.24, 2.45) is 22.4 Å². The number of carboxylic acid groups (broad SMARTS) is 1. The van der Waals surface area contributed by atoms with E-state index in [1.54, 1.807) is 53.7 Å². The fourth-order valence-electron chi connectivity index (χ4n) is 4.64. The van der Waals surface area contributed by atoms with Crippen molar-refractivity contribution in [2.45, 2.75) is 123 Å². The lowest BCUT2D eigenvalue weighted by atomic mass is 10.0. The average molecular weight is 779 g/mol. The molecule has 1 aromatic carbocycles. The molecule has 0 radical (unpaired) electrons. The van der Waals surface area contributed by atoms with Gasteiger partial charge < -0.3 is 57.4 Å². The zero-order valence-electron chi connectivity index (χ0n) is 33.1. The van der Waals surface area contributed by atoms with E-state index >= 15 is 0 Å². The first-order valence-electron chi connectivity index (χ1n) is 17.8. The maximum atomic E-state index is 13.4. The molecule has 19 nitrogen and oxygen atoms in total. The van der Waals surface area contributed by atoms with Gasteiger partial charge in [-0.3, -0.25) is 24.2 Å². The van der Waals surface area contributed by atoms with Crippen LogP contribution in [0.5, 0.6) is 5.75 Å². The fourth-order valence-corrected chi connectivity index (χ4v) is 4.64. The van der Waals surface area contributed by atoms with Crippen LogP contribution in [0.2, 0.25) is 0 Å². The van der Waals surface area contributed by atoms with Crippen molar-refractivity contribution < 1.29 is 52.9 Å². The maximum Gasteiger partial charge on any atom is 0.514 e. The predicted molar refractivity (Wildman–Crippen MR) is 202 cm³/mol. The molecule has 0 aliphatic heterocycles. The number of carboxylic acids is 1. The molecular weight excluding hydrogens is 720 g/mol. The molecule has 5 amide bonds. The summed E-state index contributed by atoms with van der Waals surface area (Å²) in [4.78, 5) is 92.4. The number of benzene rings is 1. The summed E-state index contributed by atoms with van der Waals surface area (Å²) in [5.41, 5.74) is 9.50. The number of nitrogens with two attached hydrogens (primary N) is 2. The monoisotopic (exact) mass is 778 g/mol. The van der Waals surface area contributed by atoms with Crippen LogP contribution in [0.15, 0.2) is 29.3 Å². The van der Waals surface area contributed by atoms with Crippen LogP contribution in [0.1, 0.15) is 87.1 Å². The van der Waals surface area contributed by atoms with E-state index in [9.17, 15) is 38.7 Å². The van der Waals surface area contributed by atoms with Crippen LogP contribution in [-0.2, 0) is 39.9 Å². The minimum Gasteiger partial charge on any atom is -0.480 e. The molecule has 4 unspecified atom stereocenters. The summed E-state index contributed by atoms with van der Waals surface area (Å²) in [5.74, 6) is -4.27. The highest BCUT2D eigenvalue weighted by atomic mass is 16.7. The third kappa shape index (κ3) is 21.0. The van der Waals surface area contributed by atoms with Gasteiger partial charge in [0.05, 0.1) is 6.54 Å². The Hall–Kier alpha value is -5.62. The summed E-state index contributed by atoms with van der Waals surface area (Å²) < 4.78 is 15.6. The lowest BCUT2D eigenvalue weighted by molar-refractivity contribution is -0.142. The van der Waals surface area contributed by atoms with Crippen LogP contribution in [-0.4, -0.2) is 101 Å². The molecule has 19 heteroatoms. The van der Waals surface area contributed by atoms with E-state index in [-0.39, 0.29) is 49.9 Å². The number of carbonyl (C=O) groups is 7. The fraction of sp³-hybridized carbons (Fsp3) is 0.611. The number of nitrogens with zero attached hydrogens (tertiary/aromatic N) is 1. The van der Waals surface area contributed by atoms with E-state index in [2.05, 4.69) is 31.6 Å². The van der Waals surface area contributed by atoms with Crippen LogP contribution in [0, 0.1) is 5.92 Å². The molecule has 0 heterocycles. The van der Waals surface area contributed by atoms with E-state index in [4.69, 9.17) is 25.7 Å². The molecule has 0 aromatic heterocycles. The number of nitrogens with one attached hydrogen (secondary N) is 5. The second-order valence-corrected chi connectivity index (χ2v) is 15.2. The molecule has 0 saturated heterocycles. The van der Waals surface area contributed by atoms with Crippen LogP contribution < -0.4 is 42.8 Å². The number of hydrogen-bond acceptors (Lipinski definition) is 11. The molecule has 55 heavy (non-hydrogen) atoms. The Balaban J connectivity index is 2.93. The van der Waals surface area contributed by atoms with Crippen molar-refractivity contribution in [3.8, 4) is 5.75 Å². The van der Waals surface area contributed by atoms with Gasteiger partial charge in [-0.1, -0.05) is 26.0 Å². The van der Waals surface area contributed by atoms with Crippen molar-refractivity contribution in [1.82, 2.24) is 26.6 Å². The largest absolute Gasteiger partial charge is 0.514 e. The lowest BCUT2D eigenvalue weighted by Crippen LogP contribution is -2.55. The number of amides is 5. The molecule has 4 atom stereocenters. The molecule has 0 bridgehead atoms. The molecule has 0 aliphatic carbocycles. The van der Waals surface area contributed by atoms with Gasteiger partial charge >= 0.3 is 18.2 Å². The minimum absolute atomic E-state index is 0.0328. The summed E-state index contributed by atoms with van der Waals surface area (Å²) in [5, 5.41) is 22.0. The van der Waals surface area contributed by atoms with Crippen LogP contribution >= 0.6 is 0 Å². The Morgan fingerprint density at radius 3 is 1.87 bits per heavy atom. The zero-order valence-corrected chi connectivity index (χ0v) is 33.1. The van der Waals surface area contributed by atoms with Crippen LogP contribution in [0.3, 0.4) is 0 Å². The highest BCUT2D eigenvalue weighted by Crippen LogP contribution is 2.17. The number of carbonyl (C=O) groups excluding carboxylic acids is 6. The minimum atomic E-state index is -1.28. The Kier molecular flexibility index (Phi) is 18.9. The molecule has 1 rings (SSSR count). The van der Waals surface area contributed by atoms with E-state index < -0.39 is 83.8 Å². The Bertz CT molecular complexity index is 1510. The first kappa shape index (κ1) is 47.4. The summed E-state index contributed by atoms with van der Waals surface area (Å²) in [6.45, 7) is 14.6. The van der Waals surface area contributed by atoms with Gasteiger partial charge in [0.2, 0.25) is 23.6 Å². The van der Waals surface area contributed by atoms with Gasteiger partial charge in [-0.2, -0.15) is 0 Å². The molecule has 0 aliphatic rings. The van der Waals surface area contributed by atoms with Crippen molar-refractivity contribution in [1.29, 1.82) is 0 Å². The second kappa shape index (κ2) is 21.9. The van der Waals surface area contributed by atoms with Gasteiger partial charge in [0.25, 0.3) is 0 Å². The normalized spacial score (nSPS) is 13.5. The first-order valence-corrected chi connectivity index (χ1v) is 17.8. The summed E-state index contributed by atoms with van der Waals surface area (Å²) in [6.07, 6.45) is -1.35. The predicted octanol–water partition coefficient (Wildman–Crippen LogP) is 1.21. The Morgan fingerprint density at radius 1 is 0.764 bits per heavy atom. The van der Waals surface area contributed by atoms with Crippen LogP contribution in [0.25, 0.3) is 0 Å². The van der Waals surface area contributed by atoms with E-state index in [0.717, 1.165) is 0 Å². The smallest absolute Gasteiger partial charge is 0.480 e. The molecule has 308 valence electrons. The number of guanidine groups is 1. The average Bonchev–Trinajstić information content (AvgIpc) is 3.02. The van der Waals surface area contributed by atoms with Gasteiger partial charge in [0.1, 0.15) is 41.1 Å². The Morgan fingerprint density at radius 2 is 1.35 bits per heavy atom.